The Hall–Kier alpha value is -1.15. The second-order valence-electron chi connectivity index (χ2n) is 4.31. The lowest BCUT2D eigenvalue weighted by Crippen LogP contribution is -2.27. The topological polar surface area (TPSA) is 64.7 Å². The lowest BCUT2D eigenvalue weighted by molar-refractivity contribution is 0.0939. The van der Waals surface area contributed by atoms with E-state index in [2.05, 4.69) is 47.4 Å². The molecule has 0 aliphatic rings. The van der Waals surface area contributed by atoms with Crippen molar-refractivity contribution in [1.29, 1.82) is 0 Å². The SMILES string of the molecule is CCn1ncc(Br)c1CNC(=O)c1c(Br)c(C)nn1C. The van der Waals surface area contributed by atoms with Gasteiger partial charge in [0.05, 0.1) is 33.1 Å². The van der Waals surface area contributed by atoms with Crippen molar-refractivity contribution in [3.8, 4) is 0 Å². The summed E-state index contributed by atoms with van der Waals surface area (Å²) in [5.41, 5.74) is 2.24. The van der Waals surface area contributed by atoms with Crippen LogP contribution in [0.1, 0.15) is 28.8 Å². The van der Waals surface area contributed by atoms with Crippen LogP contribution in [0.4, 0.5) is 0 Å². The van der Waals surface area contributed by atoms with Crippen molar-refractivity contribution in [2.75, 3.05) is 0 Å². The average molecular weight is 405 g/mol. The summed E-state index contributed by atoms with van der Waals surface area (Å²) in [7, 11) is 1.75. The zero-order valence-electron chi connectivity index (χ0n) is 11.4. The summed E-state index contributed by atoms with van der Waals surface area (Å²) >= 11 is 6.83. The van der Waals surface area contributed by atoms with Crippen molar-refractivity contribution in [2.45, 2.75) is 26.9 Å². The van der Waals surface area contributed by atoms with Crippen molar-refractivity contribution in [3.63, 3.8) is 0 Å². The van der Waals surface area contributed by atoms with E-state index in [0.717, 1.165) is 26.9 Å². The van der Waals surface area contributed by atoms with E-state index < -0.39 is 0 Å². The van der Waals surface area contributed by atoms with Gasteiger partial charge >= 0.3 is 0 Å². The van der Waals surface area contributed by atoms with Crippen LogP contribution in [0.25, 0.3) is 0 Å². The number of halogens is 2. The number of hydrogen-bond donors (Lipinski definition) is 1. The third-order valence-corrected chi connectivity index (χ3v) is 4.59. The summed E-state index contributed by atoms with van der Waals surface area (Å²) in [5, 5.41) is 11.3. The fraction of sp³-hybridized carbons (Fsp3) is 0.417. The normalized spacial score (nSPS) is 10.8. The van der Waals surface area contributed by atoms with E-state index in [1.807, 2.05) is 18.5 Å². The number of nitrogens with zero attached hydrogens (tertiary/aromatic N) is 4. The highest BCUT2D eigenvalue weighted by Crippen LogP contribution is 2.20. The number of amides is 1. The van der Waals surface area contributed by atoms with Crippen molar-refractivity contribution >= 4 is 37.8 Å². The summed E-state index contributed by atoms with van der Waals surface area (Å²) in [5.74, 6) is -0.171. The summed E-state index contributed by atoms with van der Waals surface area (Å²) in [6.07, 6.45) is 1.73. The molecule has 108 valence electrons. The molecule has 0 unspecified atom stereocenters. The van der Waals surface area contributed by atoms with Gasteiger partial charge in [-0.3, -0.25) is 14.2 Å². The van der Waals surface area contributed by atoms with Crippen LogP contribution in [0, 0.1) is 6.92 Å². The molecule has 2 heterocycles. The Labute approximate surface area is 133 Å². The molecule has 0 saturated carbocycles. The maximum atomic E-state index is 12.3. The molecule has 0 aliphatic carbocycles. The quantitative estimate of drug-likeness (QED) is 0.850. The number of aryl methyl sites for hydroxylation is 3. The van der Waals surface area contributed by atoms with Gasteiger partial charge in [0.15, 0.2) is 0 Å². The highest BCUT2D eigenvalue weighted by molar-refractivity contribution is 9.10. The molecule has 6 nitrogen and oxygen atoms in total. The molecular formula is C12H15Br2N5O. The molecule has 0 fully saturated rings. The molecule has 2 aromatic heterocycles. The minimum Gasteiger partial charge on any atom is -0.345 e. The van der Waals surface area contributed by atoms with E-state index in [1.165, 1.54) is 0 Å². The van der Waals surface area contributed by atoms with Gasteiger partial charge in [0.2, 0.25) is 0 Å². The molecule has 0 atom stereocenters. The highest BCUT2D eigenvalue weighted by Gasteiger charge is 2.18. The largest absolute Gasteiger partial charge is 0.345 e. The van der Waals surface area contributed by atoms with Gasteiger partial charge in [-0.15, -0.1) is 0 Å². The van der Waals surface area contributed by atoms with Gasteiger partial charge in [-0.25, -0.2) is 0 Å². The van der Waals surface area contributed by atoms with Crippen molar-refractivity contribution in [2.24, 2.45) is 7.05 Å². The molecule has 8 heteroatoms. The van der Waals surface area contributed by atoms with Gasteiger partial charge in [0, 0.05) is 13.6 Å². The number of carbonyl (C=O) groups excluding carboxylic acids is 1. The van der Waals surface area contributed by atoms with Crippen molar-refractivity contribution in [1.82, 2.24) is 24.9 Å². The first-order chi connectivity index (χ1) is 9.45. The maximum Gasteiger partial charge on any atom is 0.271 e. The van der Waals surface area contributed by atoms with Gasteiger partial charge in [0.1, 0.15) is 5.69 Å². The monoisotopic (exact) mass is 403 g/mol. The second kappa shape index (κ2) is 6.09. The molecule has 0 saturated heterocycles. The molecule has 0 radical (unpaired) electrons. The Kier molecular flexibility index (Phi) is 4.64. The fourth-order valence-corrected chi connectivity index (χ4v) is 2.92. The van der Waals surface area contributed by atoms with E-state index in [1.54, 1.807) is 17.9 Å². The third-order valence-electron chi connectivity index (χ3n) is 2.98. The molecule has 0 bridgehead atoms. The fourth-order valence-electron chi connectivity index (χ4n) is 1.96. The van der Waals surface area contributed by atoms with Crippen molar-refractivity contribution < 1.29 is 4.79 Å². The number of hydrogen-bond acceptors (Lipinski definition) is 3. The van der Waals surface area contributed by atoms with Crippen LogP contribution in [-0.2, 0) is 20.1 Å². The van der Waals surface area contributed by atoms with Crippen LogP contribution in [0.3, 0.4) is 0 Å². The van der Waals surface area contributed by atoms with Gasteiger partial charge in [-0.2, -0.15) is 10.2 Å². The highest BCUT2D eigenvalue weighted by atomic mass is 79.9. The molecule has 20 heavy (non-hydrogen) atoms. The number of aromatic nitrogens is 4. The number of rotatable bonds is 4. The summed E-state index contributed by atoms with van der Waals surface area (Å²) in [6.45, 7) is 5.02. The van der Waals surface area contributed by atoms with E-state index >= 15 is 0 Å². The Morgan fingerprint density at radius 3 is 2.70 bits per heavy atom. The molecule has 1 amide bonds. The molecular weight excluding hydrogens is 390 g/mol. The number of nitrogens with one attached hydrogen (secondary N) is 1. The average Bonchev–Trinajstić information content (AvgIpc) is 2.88. The van der Waals surface area contributed by atoms with E-state index in [0.29, 0.717) is 12.2 Å². The molecule has 2 rings (SSSR count). The van der Waals surface area contributed by atoms with Crippen LogP contribution in [0.2, 0.25) is 0 Å². The molecule has 0 aliphatic heterocycles. The van der Waals surface area contributed by atoms with Crippen LogP contribution in [-0.4, -0.2) is 25.5 Å². The number of carbonyl (C=O) groups is 1. The Morgan fingerprint density at radius 2 is 2.15 bits per heavy atom. The molecule has 1 N–H and O–H groups in total. The van der Waals surface area contributed by atoms with Gasteiger partial charge < -0.3 is 5.32 Å². The molecule has 0 aromatic carbocycles. The first-order valence-corrected chi connectivity index (χ1v) is 7.71. The van der Waals surface area contributed by atoms with Crippen LogP contribution < -0.4 is 5.32 Å². The lowest BCUT2D eigenvalue weighted by Gasteiger charge is -2.08. The summed E-state index contributed by atoms with van der Waals surface area (Å²) < 4.78 is 5.02. The van der Waals surface area contributed by atoms with Crippen LogP contribution in [0.15, 0.2) is 15.1 Å². The minimum atomic E-state index is -0.171. The third kappa shape index (κ3) is 2.80. The van der Waals surface area contributed by atoms with Gasteiger partial charge in [0.25, 0.3) is 5.91 Å². The maximum absolute atomic E-state index is 12.3. The van der Waals surface area contributed by atoms with E-state index in [4.69, 9.17) is 0 Å². The smallest absolute Gasteiger partial charge is 0.271 e. The van der Waals surface area contributed by atoms with Crippen molar-refractivity contribution in [3.05, 3.63) is 32.2 Å². The summed E-state index contributed by atoms with van der Waals surface area (Å²) in [4.78, 5) is 12.3. The Bertz CT molecular complexity index is 647. The van der Waals surface area contributed by atoms with Gasteiger partial charge in [-0.05, 0) is 45.7 Å². The first kappa shape index (κ1) is 15.2. The van der Waals surface area contributed by atoms with Gasteiger partial charge in [-0.1, -0.05) is 0 Å². The van der Waals surface area contributed by atoms with E-state index in [9.17, 15) is 4.79 Å². The minimum absolute atomic E-state index is 0.171. The van der Waals surface area contributed by atoms with Crippen LogP contribution in [0.5, 0.6) is 0 Å². The lowest BCUT2D eigenvalue weighted by atomic mass is 10.3. The Morgan fingerprint density at radius 1 is 1.45 bits per heavy atom. The molecule has 2 aromatic rings. The standard InChI is InChI=1S/C12H15Br2N5O/c1-4-19-9(8(13)5-16-19)6-15-12(20)11-10(14)7(2)17-18(11)3/h5H,4,6H2,1-3H3,(H,15,20). The zero-order chi connectivity index (χ0) is 14.9. The van der Waals surface area contributed by atoms with E-state index in [-0.39, 0.29) is 5.91 Å². The molecule has 0 spiro atoms. The summed E-state index contributed by atoms with van der Waals surface area (Å²) in [6, 6.07) is 0. The zero-order valence-corrected chi connectivity index (χ0v) is 14.6. The Balaban J connectivity index is 2.15. The van der Waals surface area contributed by atoms with Crippen LogP contribution >= 0.6 is 31.9 Å². The predicted octanol–water partition coefficient (Wildman–Crippen LogP) is 2.40. The second-order valence-corrected chi connectivity index (χ2v) is 5.96. The first-order valence-electron chi connectivity index (χ1n) is 6.13. The predicted molar refractivity (Wildman–Crippen MR) is 82.4 cm³/mol.